The van der Waals surface area contributed by atoms with Crippen molar-refractivity contribution in [2.24, 2.45) is 0 Å². The molecule has 162 valence electrons. The molecule has 0 aliphatic heterocycles. The molecule has 0 atom stereocenters. The second-order valence-electron chi connectivity index (χ2n) is 8.64. The molecule has 2 heterocycles. The zero-order valence-corrected chi connectivity index (χ0v) is 18.9. The van der Waals surface area contributed by atoms with Crippen molar-refractivity contribution < 1.29 is 0 Å². The zero-order valence-electron chi connectivity index (χ0n) is 18.9. The predicted molar refractivity (Wildman–Crippen MR) is 142 cm³/mol. The SMILES string of the molecule is C1=CCCC(c2cc(-c3ccncc3)cc3c(-c4ccccc4)cc(-c4ccncc4)cc23)=C1. The number of hydrogen-bond donors (Lipinski definition) is 0. The van der Waals surface area contributed by atoms with Gasteiger partial charge in [-0.2, -0.15) is 0 Å². The largest absolute Gasteiger partial charge is 0.265 e. The molecule has 0 saturated carbocycles. The minimum Gasteiger partial charge on any atom is -0.265 e. The van der Waals surface area contributed by atoms with E-state index in [4.69, 9.17) is 0 Å². The van der Waals surface area contributed by atoms with Gasteiger partial charge in [-0.3, -0.25) is 9.97 Å². The van der Waals surface area contributed by atoms with Gasteiger partial charge in [-0.15, -0.1) is 0 Å². The Bertz CT molecular complexity index is 1520. The van der Waals surface area contributed by atoms with Crippen LogP contribution in [0.1, 0.15) is 18.4 Å². The molecule has 0 unspecified atom stereocenters. The second-order valence-corrected chi connectivity index (χ2v) is 8.64. The van der Waals surface area contributed by atoms with E-state index in [1.165, 1.54) is 55.3 Å². The number of allylic oxidation sites excluding steroid dienone is 4. The standard InChI is InChI=1S/C32H24N2/c1-3-7-25(8-4-1)29-19-27(23-11-15-33-16-12-23)22-32-30(26-9-5-2-6-10-26)20-28(21-31(29)32)24-13-17-34-18-14-24/h1-5,7-9,11-22H,6,10H2. The van der Waals surface area contributed by atoms with Crippen molar-refractivity contribution in [3.8, 4) is 33.4 Å². The van der Waals surface area contributed by atoms with Crippen molar-refractivity contribution in [3.63, 3.8) is 0 Å². The van der Waals surface area contributed by atoms with Crippen LogP contribution in [0.25, 0.3) is 49.7 Å². The van der Waals surface area contributed by atoms with Gasteiger partial charge in [0.25, 0.3) is 0 Å². The summed E-state index contributed by atoms with van der Waals surface area (Å²) in [4.78, 5) is 8.46. The molecule has 2 aromatic heterocycles. The van der Waals surface area contributed by atoms with E-state index in [9.17, 15) is 0 Å². The zero-order chi connectivity index (χ0) is 22.7. The highest BCUT2D eigenvalue weighted by molar-refractivity contribution is 6.07. The summed E-state index contributed by atoms with van der Waals surface area (Å²) in [5.74, 6) is 0. The van der Waals surface area contributed by atoms with Crippen LogP contribution in [0.2, 0.25) is 0 Å². The molecule has 0 fully saturated rings. The highest BCUT2D eigenvalue weighted by Crippen LogP contribution is 2.41. The monoisotopic (exact) mass is 436 g/mol. The first-order valence-electron chi connectivity index (χ1n) is 11.7. The summed E-state index contributed by atoms with van der Waals surface area (Å²) in [6.45, 7) is 0. The lowest BCUT2D eigenvalue weighted by molar-refractivity contribution is 1.06. The molecule has 1 aliphatic rings. The summed E-state index contributed by atoms with van der Waals surface area (Å²) in [5, 5.41) is 2.55. The summed E-state index contributed by atoms with van der Waals surface area (Å²) in [7, 11) is 0. The third-order valence-corrected chi connectivity index (χ3v) is 6.54. The van der Waals surface area contributed by atoms with E-state index in [-0.39, 0.29) is 0 Å². The Balaban J connectivity index is 1.71. The van der Waals surface area contributed by atoms with E-state index >= 15 is 0 Å². The van der Waals surface area contributed by atoms with Gasteiger partial charge in [0.2, 0.25) is 0 Å². The van der Waals surface area contributed by atoms with E-state index in [0.29, 0.717) is 0 Å². The van der Waals surface area contributed by atoms with Crippen molar-refractivity contribution >= 4 is 16.3 Å². The lowest BCUT2D eigenvalue weighted by atomic mass is 9.85. The number of aromatic nitrogens is 2. The van der Waals surface area contributed by atoms with Crippen molar-refractivity contribution in [1.29, 1.82) is 0 Å². The van der Waals surface area contributed by atoms with Gasteiger partial charge in [0.1, 0.15) is 0 Å². The fourth-order valence-electron chi connectivity index (χ4n) is 4.83. The molecular weight excluding hydrogens is 412 g/mol. The van der Waals surface area contributed by atoms with Gasteiger partial charge in [-0.1, -0.05) is 48.6 Å². The lowest BCUT2D eigenvalue weighted by Gasteiger charge is -2.19. The summed E-state index contributed by atoms with van der Waals surface area (Å²) in [6, 6.07) is 28.4. The van der Waals surface area contributed by atoms with Gasteiger partial charge < -0.3 is 0 Å². The lowest BCUT2D eigenvalue weighted by Crippen LogP contribution is -1.95. The normalized spacial score (nSPS) is 13.1. The summed E-state index contributed by atoms with van der Waals surface area (Å²) in [6.07, 6.45) is 16.3. The Hall–Kier alpha value is -4.30. The van der Waals surface area contributed by atoms with Crippen LogP contribution in [0, 0.1) is 0 Å². The average molecular weight is 437 g/mol. The molecular formula is C32H24N2. The van der Waals surface area contributed by atoms with Crippen LogP contribution in [-0.4, -0.2) is 9.97 Å². The van der Waals surface area contributed by atoms with E-state index < -0.39 is 0 Å². The van der Waals surface area contributed by atoms with E-state index in [1.807, 2.05) is 24.8 Å². The van der Waals surface area contributed by atoms with Crippen LogP contribution >= 0.6 is 0 Å². The Morgan fingerprint density at radius 3 is 1.71 bits per heavy atom. The molecule has 1 aliphatic carbocycles. The van der Waals surface area contributed by atoms with Crippen molar-refractivity contribution in [2.75, 3.05) is 0 Å². The molecule has 0 N–H and O–H groups in total. The Kier molecular flexibility index (Phi) is 5.33. The molecule has 0 amide bonds. The Labute approximate surface area is 200 Å². The molecule has 34 heavy (non-hydrogen) atoms. The summed E-state index contributed by atoms with van der Waals surface area (Å²) in [5.41, 5.74) is 9.94. The first-order valence-corrected chi connectivity index (χ1v) is 11.7. The van der Waals surface area contributed by atoms with Crippen LogP contribution in [0.5, 0.6) is 0 Å². The van der Waals surface area contributed by atoms with Crippen molar-refractivity contribution in [2.45, 2.75) is 12.8 Å². The molecule has 3 aromatic carbocycles. The molecule has 5 aromatic rings. The number of fused-ring (bicyclic) bond motifs is 1. The minimum absolute atomic E-state index is 1.05. The highest BCUT2D eigenvalue weighted by Gasteiger charge is 2.16. The van der Waals surface area contributed by atoms with Crippen molar-refractivity contribution in [3.05, 3.63) is 127 Å². The molecule has 0 radical (unpaired) electrons. The number of pyridine rings is 2. The van der Waals surface area contributed by atoms with Crippen LogP contribution in [-0.2, 0) is 0 Å². The van der Waals surface area contributed by atoms with Crippen LogP contribution in [0.4, 0.5) is 0 Å². The molecule has 0 bridgehead atoms. The number of rotatable bonds is 4. The molecule has 2 nitrogen and oxygen atoms in total. The van der Waals surface area contributed by atoms with Gasteiger partial charge in [-0.05, 0) is 117 Å². The first kappa shape index (κ1) is 20.3. The van der Waals surface area contributed by atoms with E-state index in [2.05, 4.69) is 107 Å². The fourth-order valence-corrected chi connectivity index (χ4v) is 4.83. The van der Waals surface area contributed by atoms with Gasteiger partial charge in [0.05, 0.1) is 0 Å². The Morgan fingerprint density at radius 1 is 0.529 bits per heavy atom. The molecule has 6 rings (SSSR count). The maximum atomic E-state index is 4.23. The maximum absolute atomic E-state index is 4.23. The summed E-state index contributed by atoms with van der Waals surface area (Å²) < 4.78 is 0. The van der Waals surface area contributed by atoms with Gasteiger partial charge in [0, 0.05) is 24.8 Å². The van der Waals surface area contributed by atoms with Crippen LogP contribution in [0.15, 0.2) is 122 Å². The van der Waals surface area contributed by atoms with Gasteiger partial charge in [-0.25, -0.2) is 0 Å². The quantitative estimate of drug-likeness (QED) is 0.283. The first-order chi connectivity index (χ1) is 16.9. The minimum atomic E-state index is 1.05. The maximum Gasteiger partial charge on any atom is 0.0273 e. The predicted octanol–water partition coefficient (Wildman–Crippen LogP) is 8.36. The third-order valence-electron chi connectivity index (χ3n) is 6.54. The second kappa shape index (κ2) is 8.92. The fraction of sp³-hybridized carbons (Fsp3) is 0.0625. The van der Waals surface area contributed by atoms with E-state index in [1.54, 1.807) is 0 Å². The van der Waals surface area contributed by atoms with Crippen LogP contribution in [0.3, 0.4) is 0 Å². The summed E-state index contributed by atoms with van der Waals surface area (Å²) >= 11 is 0. The molecule has 0 saturated heterocycles. The van der Waals surface area contributed by atoms with Crippen molar-refractivity contribution in [1.82, 2.24) is 9.97 Å². The Morgan fingerprint density at radius 2 is 1.12 bits per heavy atom. The number of hydrogen-bond acceptors (Lipinski definition) is 2. The highest BCUT2D eigenvalue weighted by atomic mass is 14.6. The average Bonchev–Trinajstić information content (AvgIpc) is 2.94. The topological polar surface area (TPSA) is 25.8 Å². The molecule has 2 heteroatoms. The van der Waals surface area contributed by atoms with E-state index in [0.717, 1.165) is 12.8 Å². The van der Waals surface area contributed by atoms with Crippen LogP contribution < -0.4 is 0 Å². The van der Waals surface area contributed by atoms with Gasteiger partial charge in [0.15, 0.2) is 0 Å². The number of benzene rings is 3. The smallest absolute Gasteiger partial charge is 0.0273 e. The van der Waals surface area contributed by atoms with Gasteiger partial charge >= 0.3 is 0 Å². The third kappa shape index (κ3) is 3.84. The number of nitrogens with zero attached hydrogens (tertiary/aromatic N) is 2. The molecule has 0 spiro atoms.